The average Bonchev–Trinajstić information content (AvgIpc) is 3.04. The lowest BCUT2D eigenvalue weighted by Crippen LogP contribution is -2.35. The van der Waals surface area contributed by atoms with Gasteiger partial charge in [0.25, 0.3) is 0 Å². The number of benzene rings is 2. The number of nitrogens with zero attached hydrogens (tertiary/aromatic N) is 2. The Labute approximate surface area is 276 Å². The molecule has 1 atom stereocenters. The van der Waals surface area contributed by atoms with E-state index < -0.39 is 29.5 Å². The molecule has 256 valence electrons. The molecule has 3 rings (SSSR count). The summed E-state index contributed by atoms with van der Waals surface area (Å²) in [5.41, 5.74) is 6.97. The minimum Gasteiger partial charge on any atom is -0.461 e. The molecular formula is C36H53F3N3O3P. The molecule has 1 unspecified atom stereocenters. The van der Waals surface area contributed by atoms with Crippen LogP contribution in [0.5, 0.6) is 0 Å². The number of anilines is 2. The van der Waals surface area contributed by atoms with Crippen molar-refractivity contribution >= 4 is 38.1 Å². The third kappa shape index (κ3) is 15.5. The number of carbonyl (C=O) groups is 2. The number of nitrogens with two attached hydrogens (primary N) is 1. The van der Waals surface area contributed by atoms with E-state index in [-0.39, 0.29) is 34.9 Å². The zero-order chi connectivity index (χ0) is 36.0. The van der Waals surface area contributed by atoms with Gasteiger partial charge in [0.15, 0.2) is 0 Å². The molecule has 3 aromatic rings. The van der Waals surface area contributed by atoms with Crippen molar-refractivity contribution in [3.05, 3.63) is 83.2 Å². The first-order valence-corrected chi connectivity index (χ1v) is 16.2. The summed E-state index contributed by atoms with van der Waals surface area (Å²) in [6, 6.07) is 8.77. The summed E-state index contributed by atoms with van der Waals surface area (Å²) in [6.45, 7) is 22.0. The molecular weight excluding hydrogens is 610 g/mol. The van der Waals surface area contributed by atoms with Crippen molar-refractivity contribution in [3.8, 4) is 11.3 Å². The zero-order valence-electron chi connectivity index (χ0n) is 29.3. The van der Waals surface area contributed by atoms with E-state index in [2.05, 4.69) is 61.8 Å². The fraction of sp³-hybridized carbons (Fsp3) is 0.417. The maximum Gasteiger partial charge on any atom is 0.325 e. The predicted molar refractivity (Wildman–Crippen MR) is 190 cm³/mol. The molecule has 0 spiro atoms. The minimum absolute atomic E-state index is 0.0239. The van der Waals surface area contributed by atoms with Gasteiger partial charge < -0.3 is 10.5 Å². The zero-order valence-corrected chi connectivity index (χ0v) is 30.5. The summed E-state index contributed by atoms with van der Waals surface area (Å²) in [6.07, 6.45) is 4.64. The highest BCUT2D eigenvalue weighted by molar-refractivity contribution is 7.28. The molecule has 0 radical (unpaired) electrons. The maximum atomic E-state index is 14.5. The molecule has 2 amide bonds. The van der Waals surface area contributed by atoms with Crippen LogP contribution >= 0.6 is 9.24 Å². The van der Waals surface area contributed by atoms with Crippen molar-refractivity contribution in [2.45, 2.75) is 95.6 Å². The van der Waals surface area contributed by atoms with Gasteiger partial charge in [0.05, 0.1) is 11.4 Å². The summed E-state index contributed by atoms with van der Waals surface area (Å²) in [5, 5.41) is 0.333. The van der Waals surface area contributed by atoms with Crippen LogP contribution in [0.2, 0.25) is 0 Å². The smallest absolute Gasteiger partial charge is 0.325 e. The Bertz CT molecular complexity index is 1360. The SMILES string of the molecule is CC.CC.CC(=O)OCc1ccc(N(C(N)=O)c2c(F)cccc2P)nc1-c1ccc(F)cc1F.CC=C(C)CC.CCC(C)C. The third-order valence-corrected chi connectivity index (χ3v) is 6.61. The molecule has 1 heterocycles. The molecule has 1 aromatic heterocycles. The monoisotopic (exact) mass is 663 g/mol. The topological polar surface area (TPSA) is 85.5 Å². The van der Waals surface area contributed by atoms with Crippen molar-refractivity contribution in [1.82, 2.24) is 4.98 Å². The molecule has 6 nitrogen and oxygen atoms in total. The lowest BCUT2D eigenvalue weighted by atomic mass is 10.1. The normalized spacial score (nSPS) is 10.0. The molecule has 0 saturated heterocycles. The first-order chi connectivity index (χ1) is 21.8. The molecule has 0 aliphatic carbocycles. The fourth-order valence-corrected chi connectivity index (χ4v) is 3.50. The number of halogens is 3. The Morgan fingerprint density at radius 1 is 0.978 bits per heavy atom. The largest absolute Gasteiger partial charge is 0.461 e. The van der Waals surface area contributed by atoms with E-state index in [4.69, 9.17) is 10.5 Å². The van der Waals surface area contributed by atoms with Gasteiger partial charge in [-0.3, -0.25) is 4.79 Å². The average molecular weight is 664 g/mol. The second kappa shape index (κ2) is 24.5. The standard InChI is InChI=1S/C21H17F3N3O3P.C6H12.C5H12.2C2H6/c1-11(28)30-10-12-5-8-18(26-19(12)14-7-6-13(22)9-16(14)24)27(21(25)29)20-15(23)3-2-4-17(20)31;1-4-6(3)5-2;1-4-5(2)3;2*1-2/h2-9H,10,31H2,1H3,(H2,25,29);4H,5H2,1-3H3;5H,4H2,1-3H3;2*1-2H3. The summed E-state index contributed by atoms with van der Waals surface area (Å²) in [7, 11) is 2.29. The number of carbonyl (C=O) groups excluding carboxylic acids is 2. The van der Waals surface area contributed by atoms with Gasteiger partial charge in [-0.15, -0.1) is 9.24 Å². The van der Waals surface area contributed by atoms with E-state index >= 15 is 0 Å². The van der Waals surface area contributed by atoms with Crippen LogP contribution in [-0.2, 0) is 16.1 Å². The quantitative estimate of drug-likeness (QED) is 0.155. The van der Waals surface area contributed by atoms with E-state index in [1.807, 2.05) is 27.7 Å². The highest BCUT2D eigenvalue weighted by atomic mass is 31.0. The van der Waals surface area contributed by atoms with Gasteiger partial charge in [-0.2, -0.15) is 0 Å². The van der Waals surface area contributed by atoms with E-state index in [0.717, 1.165) is 29.0 Å². The second-order valence-corrected chi connectivity index (χ2v) is 10.3. The number of ether oxygens (including phenoxy) is 1. The molecule has 0 saturated carbocycles. The number of para-hydroxylation sites is 1. The van der Waals surface area contributed by atoms with Crippen LogP contribution in [0.3, 0.4) is 0 Å². The first kappa shape index (κ1) is 44.4. The first-order valence-electron chi connectivity index (χ1n) is 15.6. The van der Waals surface area contributed by atoms with Gasteiger partial charge in [0.2, 0.25) is 0 Å². The molecule has 46 heavy (non-hydrogen) atoms. The van der Waals surface area contributed by atoms with Crippen LogP contribution in [0.25, 0.3) is 11.3 Å². The Hall–Kier alpha value is -3.71. The number of aromatic nitrogens is 1. The summed E-state index contributed by atoms with van der Waals surface area (Å²) in [5.74, 6) is -2.24. The van der Waals surface area contributed by atoms with Crippen molar-refractivity contribution in [3.63, 3.8) is 0 Å². The molecule has 0 bridgehead atoms. The van der Waals surface area contributed by atoms with Crippen molar-refractivity contribution in [1.29, 1.82) is 0 Å². The fourth-order valence-electron chi connectivity index (χ4n) is 3.12. The Kier molecular flexibility index (Phi) is 23.7. The molecule has 2 aromatic carbocycles. The summed E-state index contributed by atoms with van der Waals surface area (Å²) < 4.78 is 47.4. The van der Waals surface area contributed by atoms with Gasteiger partial charge >= 0.3 is 12.0 Å². The van der Waals surface area contributed by atoms with Gasteiger partial charge in [0, 0.05) is 24.1 Å². The number of hydrogen-bond acceptors (Lipinski definition) is 4. The molecule has 2 N–H and O–H groups in total. The van der Waals surface area contributed by atoms with Crippen LogP contribution < -0.4 is 15.9 Å². The highest BCUT2D eigenvalue weighted by Gasteiger charge is 2.24. The molecule has 0 fully saturated rings. The van der Waals surface area contributed by atoms with Crippen molar-refractivity contribution < 1.29 is 27.5 Å². The number of pyridine rings is 1. The van der Waals surface area contributed by atoms with Crippen LogP contribution in [0, 0.1) is 23.4 Å². The van der Waals surface area contributed by atoms with Gasteiger partial charge in [-0.1, -0.05) is 85.6 Å². The number of amides is 2. The summed E-state index contributed by atoms with van der Waals surface area (Å²) in [4.78, 5) is 28.5. The van der Waals surface area contributed by atoms with E-state index in [1.165, 1.54) is 43.5 Å². The number of allylic oxidation sites excluding steroid dienone is 2. The van der Waals surface area contributed by atoms with Crippen LogP contribution in [-0.4, -0.2) is 17.0 Å². The molecule has 0 aliphatic heterocycles. The lowest BCUT2D eigenvalue weighted by molar-refractivity contribution is -0.142. The number of esters is 1. The van der Waals surface area contributed by atoms with Crippen LogP contribution in [0.15, 0.2) is 60.2 Å². The van der Waals surface area contributed by atoms with Crippen molar-refractivity contribution in [2.24, 2.45) is 11.7 Å². The van der Waals surface area contributed by atoms with Gasteiger partial charge in [0.1, 0.15) is 29.9 Å². The number of urea groups is 1. The Balaban J connectivity index is 0. The predicted octanol–water partition coefficient (Wildman–Crippen LogP) is 10.4. The minimum atomic E-state index is -1.03. The molecule has 10 heteroatoms. The maximum absolute atomic E-state index is 14.5. The lowest BCUT2D eigenvalue weighted by Gasteiger charge is -2.23. The molecule has 0 aliphatic rings. The second-order valence-electron chi connectivity index (χ2n) is 9.72. The van der Waals surface area contributed by atoms with Crippen LogP contribution in [0.1, 0.15) is 94.6 Å². The number of hydrogen-bond donors (Lipinski definition) is 1. The van der Waals surface area contributed by atoms with E-state index in [9.17, 15) is 22.8 Å². The number of rotatable bonds is 7. The van der Waals surface area contributed by atoms with Gasteiger partial charge in [-0.05, 0) is 61.8 Å². The van der Waals surface area contributed by atoms with Crippen LogP contribution in [0.4, 0.5) is 29.5 Å². The van der Waals surface area contributed by atoms with Crippen molar-refractivity contribution in [2.75, 3.05) is 4.90 Å². The van der Waals surface area contributed by atoms with E-state index in [1.54, 1.807) is 6.07 Å². The Morgan fingerprint density at radius 2 is 1.57 bits per heavy atom. The Morgan fingerprint density at radius 3 is 1.98 bits per heavy atom. The van der Waals surface area contributed by atoms with Gasteiger partial charge in [-0.25, -0.2) is 27.8 Å². The highest BCUT2D eigenvalue weighted by Crippen LogP contribution is 2.32. The van der Waals surface area contributed by atoms with E-state index in [0.29, 0.717) is 11.4 Å². The summed E-state index contributed by atoms with van der Waals surface area (Å²) >= 11 is 0. The number of primary amides is 1. The third-order valence-electron chi connectivity index (χ3n) is 6.14.